The highest BCUT2D eigenvalue weighted by atomic mass is 32.2. The van der Waals surface area contributed by atoms with Crippen LogP contribution in [0.2, 0.25) is 0 Å². The van der Waals surface area contributed by atoms with Gasteiger partial charge < -0.3 is 19.6 Å². The number of nitrogens with zero attached hydrogens (tertiary/aromatic N) is 2. The number of aromatic nitrogens is 1. The molecular formula is C17H16N2O5S. The number of Topliss-reactive ketones (excluding diaryl/α,β-unsaturated/α-hetero) is 1. The van der Waals surface area contributed by atoms with E-state index in [0.717, 1.165) is 5.69 Å². The number of phenols is 2. The molecule has 130 valence electrons. The Kier molecular flexibility index (Phi) is 3.54. The van der Waals surface area contributed by atoms with Crippen molar-refractivity contribution in [2.75, 3.05) is 6.54 Å². The van der Waals surface area contributed by atoms with Crippen molar-refractivity contribution in [3.05, 3.63) is 41.3 Å². The number of β-lactam (4-membered cyclic amide) rings is 1. The highest BCUT2D eigenvalue weighted by molar-refractivity contribution is 8.01. The Bertz CT molecular complexity index is 880. The molecule has 2 fully saturated rings. The zero-order chi connectivity index (χ0) is 17.8. The van der Waals surface area contributed by atoms with Crippen LogP contribution in [0, 0.1) is 0 Å². The Morgan fingerprint density at radius 1 is 1.40 bits per heavy atom. The van der Waals surface area contributed by atoms with Gasteiger partial charge in [-0.05, 0) is 25.1 Å². The fraction of sp³-hybridized carbons (Fsp3) is 0.353. The van der Waals surface area contributed by atoms with Crippen LogP contribution in [0.3, 0.4) is 0 Å². The second-order valence-corrected chi connectivity index (χ2v) is 8.19. The lowest BCUT2D eigenvalue weighted by molar-refractivity contribution is -0.140. The van der Waals surface area contributed by atoms with E-state index in [1.807, 2.05) is 11.8 Å². The third kappa shape index (κ3) is 2.66. The van der Waals surface area contributed by atoms with Crippen molar-refractivity contribution in [2.45, 2.75) is 29.9 Å². The number of rotatable bonds is 4. The van der Waals surface area contributed by atoms with Gasteiger partial charge in [0.15, 0.2) is 17.3 Å². The van der Waals surface area contributed by atoms with Crippen LogP contribution in [0.25, 0.3) is 0 Å². The van der Waals surface area contributed by atoms with E-state index in [-0.39, 0.29) is 45.3 Å². The molecule has 0 aliphatic carbocycles. The predicted molar refractivity (Wildman–Crippen MR) is 89.4 cm³/mol. The summed E-state index contributed by atoms with van der Waals surface area (Å²) in [6.45, 7) is 2.61. The van der Waals surface area contributed by atoms with Crippen molar-refractivity contribution < 1.29 is 24.3 Å². The molecule has 3 heterocycles. The van der Waals surface area contributed by atoms with Gasteiger partial charge in [-0.25, -0.2) is 0 Å². The Balaban J connectivity index is 1.49. The molecule has 0 saturated carbocycles. The number of ketones is 1. The first-order chi connectivity index (χ1) is 11.9. The van der Waals surface area contributed by atoms with Crippen LogP contribution in [-0.2, 0) is 16.0 Å². The van der Waals surface area contributed by atoms with E-state index in [9.17, 15) is 19.8 Å². The van der Waals surface area contributed by atoms with Gasteiger partial charge in [0.05, 0.1) is 23.0 Å². The molecule has 2 N–H and O–H groups in total. The van der Waals surface area contributed by atoms with Gasteiger partial charge in [0.25, 0.3) is 0 Å². The standard InChI is InChI=1S/C17H16N2O5S/c1-17(8-19-15(23)7-16(19)25-17)14-6-10(24-18-14)5-12(21)9-2-3-11(20)13(22)4-9/h2-4,6,16,20,22H,5,7-8H2,1H3/t16-,17-/m1/s1. The third-order valence-electron chi connectivity index (χ3n) is 4.62. The van der Waals surface area contributed by atoms with E-state index >= 15 is 0 Å². The zero-order valence-electron chi connectivity index (χ0n) is 13.4. The molecule has 1 aromatic carbocycles. The lowest BCUT2D eigenvalue weighted by Gasteiger charge is -2.32. The SMILES string of the molecule is C[C@]1(c2cc(CC(=O)c3ccc(O)c(O)c3)on2)CN2C(=O)C[C@H]2S1. The van der Waals surface area contributed by atoms with Gasteiger partial charge in [0.2, 0.25) is 5.91 Å². The molecule has 0 unspecified atom stereocenters. The van der Waals surface area contributed by atoms with Gasteiger partial charge in [-0.2, -0.15) is 0 Å². The fourth-order valence-electron chi connectivity index (χ4n) is 3.13. The van der Waals surface area contributed by atoms with Crippen molar-refractivity contribution >= 4 is 23.5 Å². The number of hydrogen-bond donors (Lipinski definition) is 2. The number of amides is 1. The molecule has 0 spiro atoms. The molecule has 0 radical (unpaired) electrons. The van der Waals surface area contributed by atoms with Crippen molar-refractivity contribution in [3.8, 4) is 11.5 Å². The molecule has 4 rings (SSSR count). The number of carbonyl (C=O) groups excluding carboxylic acids is 2. The molecule has 2 aliphatic rings. The van der Waals surface area contributed by atoms with E-state index in [0.29, 0.717) is 18.7 Å². The first-order valence-electron chi connectivity index (χ1n) is 7.84. The number of phenolic OH excluding ortho intramolecular Hbond substituents is 2. The molecule has 2 aromatic rings. The minimum atomic E-state index is -0.340. The Morgan fingerprint density at radius 3 is 2.88 bits per heavy atom. The van der Waals surface area contributed by atoms with Crippen LogP contribution in [-0.4, -0.2) is 43.9 Å². The molecule has 1 aromatic heterocycles. The maximum absolute atomic E-state index is 12.3. The summed E-state index contributed by atoms with van der Waals surface area (Å²) in [5.74, 6) is -0.277. The van der Waals surface area contributed by atoms with Crippen LogP contribution < -0.4 is 0 Å². The summed E-state index contributed by atoms with van der Waals surface area (Å²) < 4.78 is 4.97. The quantitative estimate of drug-likeness (QED) is 0.488. The monoisotopic (exact) mass is 360 g/mol. The van der Waals surface area contributed by atoms with Crippen molar-refractivity contribution in [1.82, 2.24) is 10.1 Å². The second-order valence-electron chi connectivity index (χ2n) is 6.51. The van der Waals surface area contributed by atoms with Gasteiger partial charge >= 0.3 is 0 Å². The van der Waals surface area contributed by atoms with Crippen LogP contribution in [0.4, 0.5) is 0 Å². The molecule has 2 aliphatic heterocycles. The Morgan fingerprint density at radius 2 is 2.20 bits per heavy atom. The maximum Gasteiger partial charge on any atom is 0.226 e. The van der Waals surface area contributed by atoms with E-state index in [2.05, 4.69) is 5.16 Å². The highest BCUT2D eigenvalue weighted by Crippen LogP contribution is 2.51. The first-order valence-corrected chi connectivity index (χ1v) is 8.72. The van der Waals surface area contributed by atoms with Gasteiger partial charge in [0, 0.05) is 18.2 Å². The molecule has 1 amide bonds. The van der Waals surface area contributed by atoms with Crippen LogP contribution >= 0.6 is 11.8 Å². The maximum atomic E-state index is 12.3. The van der Waals surface area contributed by atoms with Crippen LogP contribution in [0.1, 0.15) is 35.2 Å². The first kappa shape index (κ1) is 16.0. The van der Waals surface area contributed by atoms with Gasteiger partial charge in [-0.15, -0.1) is 11.8 Å². The topological polar surface area (TPSA) is 104 Å². The number of fused-ring (bicyclic) bond motifs is 1. The fourth-order valence-corrected chi connectivity index (χ4v) is 4.70. The van der Waals surface area contributed by atoms with Gasteiger partial charge in [-0.3, -0.25) is 9.59 Å². The van der Waals surface area contributed by atoms with E-state index < -0.39 is 0 Å². The minimum absolute atomic E-state index is 0.00400. The summed E-state index contributed by atoms with van der Waals surface area (Å²) >= 11 is 1.69. The van der Waals surface area contributed by atoms with E-state index in [1.165, 1.54) is 18.2 Å². The normalized spacial score (nSPS) is 24.9. The number of thioether (sulfide) groups is 1. The van der Waals surface area contributed by atoms with Crippen molar-refractivity contribution in [2.24, 2.45) is 0 Å². The second kappa shape index (κ2) is 5.52. The smallest absolute Gasteiger partial charge is 0.226 e. The highest BCUT2D eigenvalue weighted by Gasteiger charge is 2.52. The largest absolute Gasteiger partial charge is 0.504 e. The molecule has 0 bridgehead atoms. The molecular weight excluding hydrogens is 344 g/mol. The summed E-state index contributed by atoms with van der Waals surface area (Å²) in [5.41, 5.74) is 1.00. The number of carbonyl (C=O) groups is 2. The molecule has 8 heteroatoms. The molecule has 2 atom stereocenters. The van der Waals surface area contributed by atoms with Crippen LogP contribution in [0.15, 0.2) is 28.8 Å². The Hall–Kier alpha value is -2.48. The van der Waals surface area contributed by atoms with Crippen molar-refractivity contribution in [1.29, 1.82) is 0 Å². The molecule has 7 nitrogen and oxygen atoms in total. The third-order valence-corrected chi connectivity index (χ3v) is 6.17. The lowest BCUT2D eigenvalue weighted by atomic mass is 10.0. The van der Waals surface area contributed by atoms with E-state index in [1.54, 1.807) is 17.8 Å². The molecule has 25 heavy (non-hydrogen) atoms. The average Bonchev–Trinajstić information content (AvgIpc) is 3.14. The average molecular weight is 360 g/mol. The van der Waals surface area contributed by atoms with Crippen molar-refractivity contribution in [3.63, 3.8) is 0 Å². The lowest BCUT2D eigenvalue weighted by Crippen LogP contribution is -2.47. The Labute approximate surface area is 147 Å². The summed E-state index contributed by atoms with van der Waals surface area (Å²) in [6, 6.07) is 5.69. The number of benzene rings is 1. The number of aromatic hydroxyl groups is 2. The number of hydrogen-bond acceptors (Lipinski definition) is 7. The zero-order valence-corrected chi connectivity index (χ0v) is 14.2. The summed E-state index contributed by atoms with van der Waals surface area (Å²) in [5, 5.41) is 23.1. The van der Waals surface area contributed by atoms with Gasteiger partial charge in [-0.1, -0.05) is 5.16 Å². The summed E-state index contributed by atoms with van der Waals surface area (Å²) in [4.78, 5) is 25.7. The van der Waals surface area contributed by atoms with Crippen LogP contribution in [0.5, 0.6) is 11.5 Å². The summed E-state index contributed by atoms with van der Waals surface area (Å²) in [6.07, 6.45) is 0.567. The minimum Gasteiger partial charge on any atom is -0.504 e. The van der Waals surface area contributed by atoms with E-state index in [4.69, 9.17) is 4.52 Å². The van der Waals surface area contributed by atoms with Gasteiger partial charge in [0.1, 0.15) is 11.5 Å². The predicted octanol–water partition coefficient (Wildman–Crippen LogP) is 2.03. The molecule has 2 saturated heterocycles. The summed E-state index contributed by atoms with van der Waals surface area (Å²) in [7, 11) is 0.